The lowest BCUT2D eigenvalue weighted by Crippen LogP contribution is -2.42. The summed E-state index contributed by atoms with van der Waals surface area (Å²) in [4.78, 5) is 24.8. The van der Waals surface area contributed by atoms with Crippen molar-refractivity contribution in [1.29, 1.82) is 0 Å². The Bertz CT molecular complexity index is 1240. The molecular weight excluding hydrogens is 500 g/mol. The maximum absolute atomic E-state index is 12.4. The number of fused-ring (bicyclic) bond motifs is 3. The molecule has 2 aliphatic heterocycles. The van der Waals surface area contributed by atoms with Crippen LogP contribution in [0, 0.1) is 0 Å². The maximum Gasteiger partial charge on any atom is 0.410 e. The van der Waals surface area contributed by atoms with Crippen molar-refractivity contribution in [2.75, 3.05) is 19.7 Å². The first-order valence-electron chi connectivity index (χ1n) is 13.6. The predicted octanol–water partition coefficient (Wildman–Crippen LogP) is 6.30. The van der Waals surface area contributed by atoms with Gasteiger partial charge in [-0.05, 0) is 65.7 Å². The number of aromatic nitrogens is 5. The van der Waals surface area contributed by atoms with E-state index in [4.69, 9.17) is 14.5 Å². The highest BCUT2D eigenvalue weighted by molar-refractivity contribution is 8.00. The van der Waals surface area contributed by atoms with Gasteiger partial charge < -0.3 is 18.9 Å². The Kier molecular flexibility index (Phi) is 8.70. The topological polar surface area (TPSA) is 87.3 Å². The van der Waals surface area contributed by atoms with E-state index in [1.54, 1.807) is 6.33 Å². The zero-order chi connectivity index (χ0) is 27.4. The van der Waals surface area contributed by atoms with Gasteiger partial charge in [0.1, 0.15) is 35.8 Å². The molecule has 0 aliphatic carbocycles. The fraction of sp³-hybridized carbons (Fsp3) is 0.571. The van der Waals surface area contributed by atoms with Crippen LogP contribution in [0.2, 0.25) is 0 Å². The van der Waals surface area contributed by atoms with Crippen molar-refractivity contribution in [3.63, 3.8) is 0 Å². The summed E-state index contributed by atoms with van der Waals surface area (Å²) in [6.45, 7) is 16.6. The zero-order valence-electron chi connectivity index (χ0n) is 23.6. The first kappa shape index (κ1) is 28.0. The van der Waals surface area contributed by atoms with E-state index in [1.165, 1.54) is 4.90 Å². The molecule has 206 valence electrons. The SMILES string of the molecule is CC.CC(C)n1ncnc1-c1cn2c(n1)-c1cc(SC3CCN(C(=O)OC(C)(C)C)CC3)ccc1OCC2. The molecule has 10 heteroatoms. The van der Waals surface area contributed by atoms with E-state index in [-0.39, 0.29) is 12.1 Å². The van der Waals surface area contributed by atoms with Crippen LogP contribution in [0.5, 0.6) is 5.75 Å². The van der Waals surface area contributed by atoms with Gasteiger partial charge in [-0.25, -0.2) is 19.4 Å². The highest BCUT2D eigenvalue weighted by atomic mass is 32.2. The monoisotopic (exact) mass is 540 g/mol. The van der Waals surface area contributed by atoms with E-state index in [1.807, 2.05) is 68.2 Å². The number of nitrogens with zero attached hydrogens (tertiary/aromatic N) is 6. The molecule has 0 radical (unpaired) electrons. The lowest BCUT2D eigenvalue weighted by atomic mass is 10.1. The van der Waals surface area contributed by atoms with Gasteiger partial charge in [-0.1, -0.05) is 13.8 Å². The molecule has 3 aromatic rings. The number of carbonyl (C=O) groups is 1. The molecule has 1 fully saturated rings. The lowest BCUT2D eigenvalue weighted by Gasteiger charge is -2.33. The van der Waals surface area contributed by atoms with Gasteiger partial charge in [0.2, 0.25) is 0 Å². The number of rotatable bonds is 4. The Hall–Kier alpha value is -3.01. The van der Waals surface area contributed by atoms with Gasteiger partial charge in [-0.15, -0.1) is 11.8 Å². The van der Waals surface area contributed by atoms with E-state index in [0.29, 0.717) is 24.9 Å². The molecule has 4 heterocycles. The quantitative estimate of drug-likeness (QED) is 0.384. The average Bonchev–Trinajstić information content (AvgIpc) is 3.50. The van der Waals surface area contributed by atoms with Crippen molar-refractivity contribution in [2.24, 2.45) is 0 Å². The van der Waals surface area contributed by atoms with Crippen molar-refractivity contribution >= 4 is 17.9 Å². The Morgan fingerprint density at radius 3 is 2.55 bits per heavy atom. The second-order valence-corrected chi connectivity index (χ2v) is 11.9. The number of likely N-dealkylation sites (tertiary alicyclic amines) is 1. The number of hydrogen-bond donors (Lipinski definition) is 0. The van der Waals surface area contributed by atoms with E-state index >= 15 is 0 Å². The molecule has 0 atom stereocenters. The maximum atomic E-state index is 12.4. The van der Waals surface area contributed by atoms with Crippen molar-refractivity contribution in [3.8, 4) is 28.7 Å². The van der Waals surface area contributed by atoms with Crippen LogP contribution in [0.25, 0.3) is 22.9 Å². The van der Waals surface area contributed by atoms with Gasteiger partial charge in [0.25, 0.3) is 0 Å². The molecule has 0 N–H and O–H groups in total. The molecule has 1 aromatic carbocycles. The van der Waals surface area contributed by atoms with Gasteiger partial charge in [0, 0.05) is 35.5 Å². The van der Waals surface area contributed by atoms with E-state index in [2.05, 4.69) is 40.6 Å². The van der Waals surface area contributed by atoms with Crippen LogP contribution in [-0.4, -0.2) is 65.9 Å². The van der Waals surface area contributed by atoms with Gasteiger partial charge in [0.15, 0.2) is 5.82 Å². The number of benzene rings is 1. The molecular formula is C28H40N6O3S. The molecule has 1 saturated heterocycles. The number of ether oxygens (including phenoxy) is 2. The molecule has 2 aliphatic rings. The number of hydrogen-bond acceptors (Lipinski definition) is 7. The third-order valence-corrected chi connectivity index (χ3v) is 7.58. The number of amides is 1. The molecule has 0 spiro atoms. The summed E-state index contributed by atoms with van der Waals surface area (Å²) < 4.78 is 15.6. The summed E-state index contributed by atoms with van der Waals surface area (Å²) >= 11 is 1.86. The molecule has 0 bridgehead atoms. The number of carbonyl (C=O) groups excluding carboxylic acids is 1. The zero-order valence-corrected chi connectivity index (χ0v) is 24.4. The number of imidazole rings is 1. The van der Waals surface area contributed by atoms with Crippen molar-refractivity contribution in [2.45, 2.75) is 89.6 Å². The Morgan fingerprint density at radius 2 is 1.87 bits per heavy atom. The normalized spacial score (nSPS) is 15.6. The molecule has 38 heavy (non-hydrogen) atoms. The fourth-order valence-corrected chi connectivity index (χ4v) is 5.70. The minimum absolute atomic E-state index is 0.198. The highest BCUT2D eigenvalue weighted by Gasteiger charge is 2.28. The Labute approximate surface area is 229 Å². The molecule has 2 aromatic heterocycles. The second-order valence-electron chi connectivity index (χ2n) is 10.6. The Balaban J connectivity index is 0.00000164. The van der Waals surface area contributed by atoms with Crippen molar-refractivity contribution < 1.29 is 14.3 Å². The summed E-state index contributed by atoms with van der Waals surface area (Å²) in [7, 11) is 0. The molecule has 0 unspecified atom stereocenters. The first-order valence-corrected chi connectivity index (χ1v) is 14.4. The van der Waals surface area contributed by atoms with Crippen molar-refractivity contribution in [1.82, 2.24) is 29.2 Å². The third-order valence-electron chi connectivity index (χ3n) is 6.25. The molecule has 0 saturated carbocycles. The molecule has 5 rings (SSSR count). The average molecular weight is 541 g/mol. The van der Waals surface area contributed by atoms with Crippen LogP contribution in [0.4, 0.5) is 4.79 Å². The van der Waals surface area contributed by atoms with Gasteiger partial charge in [0.05, 0.1) is 12.1 Å². The summed E-state index contributed by atoms with van der Waals surface area (Å²) in [6, 6.07) is 6.55. The van der Waals surface area contributed by atoms with Gasteiger partial charge in [-0.3, -0.25) is 0 Å². The number of piperidine rings is 1. The largest absolute Gasteiger partial charge is 0.491 e. The Morgan fingerprint density at radius 1 is 1.13 bits per heavy atom. The van der Waals surface area contributed by atoms with Crippen LogP contribution in [-0.2, 0) is 11.3 Å². The van der Waals surface area contributed by atoms with Gasteiger partial charge in [-0.2, -0.15) is 5.10 Å². The standard InChI is InChI=1S/C26H34N6O3S.C2H6/c1-17(2)32-24(27-16-28-32)21-15-31-12-13-34-22-7-6-19(14-20(22)23(31)29-21)36-18-8-10-30(11-9-18)25(33)35-26(3,4)5;1-2/h6-7,14-18H,8-13H2,1-5H3;1-2H3. The van der Waals surface area contributed by atoms with E-state index in [0.717, 1.165) is 48.0 Å². The number of thioether (sulfide) groups is 1. The second kappa shape index (κ2) is 11.8. The molecule has 1 amide bonds. The van der Waals surface area contributed by atoms with Crippen LogP contribution in [0.3, 0.4) is 0 Å². The van der Waals surface area contributed by atoms with Crippen LogP contribution in [0.1, 0.15) is 67.3 Å². The van der Waals surface area contributed by atoms with Crippen LogP contribution >= 0.6 is 11.8 Å². The highest BCUT2D eigenvalue weighted by Crippen LogP contribution is 2.39. The van der Waals surface area contributed by atoms with Crippen LogP contribution < -0.4 is 4.74 Å². The fourth-order valence-electron chi connectivity index (χ4n) is 4.53. The van der Waals surface area contributed by atoms with Gasteiger partial charge >= 0.3 is 6.09 Å². The first-order chi connectivity index (χ1) is 18.2. The molecule has 9 nitrogen and oxygen atoms in total. The smallest absolute Gasteiger partial charge is 0.410 e. The summed E-state index contributed by atoms with van der Waals surface area (Å²) in [6.07, 6.45) is 5.27. The van der Waals surface area contributed by atoms with Crippen molar-refractivity contribution in [3.05, 3.63) is 30.7 Å². The minimum atomic E-state index is -0.470. The van der Waals surface area contributed by atoms with E-state index < -0.39 is 5.60 Å². The van der Waals surface area contributed by atoms with E-state index in [9.17, 15) is 4.79 Å². The summed E-state index contributed by atoms with van der Waals surface area (Å²) in [5.74, 6) is 2.51. The third kappa shape index (κ3) is 6.34. The lowest BCUT2D eigenvalue weighted by molar-refractivity contribution is 0.0219. The minimum Gasteiger partial charge on any atom is -0.491 e. The summed E-state index contributed by atoms with van der Waals surface area (Å²) in [5.41, 5.74) is 1.34. The van der Waals surface area contributed by atoms with Crippen LogP contribution in [0.15, 0.2) is 35.6 Å². The summed E-state index contributed by atoms with van der Waals surface area (Å²) in [5, 5.41) is 4.81. The predicted molar refractivity (Wildman–Crippen MR) is 151 cm³/mol.